The van der Waals surface area contributed by atoms with Crippen molar-refractivity contribution in [2.45, 2.75) is 0 Å². The summed E-state index contributed by atoms with van der Waals surface area (Å²) in [5, 5.41) is 3.18. The van der Waals surface area contributed by atoms with E-state index in [4.69, 9.17) is 9.47 Å². The zero-order valence-corrected chi connectivity index (χ0v) is 10.8. The fourth-order valence-electron chi connectivity index (χ4n) is 1.77. The molecule has 0 aliphatic rings. The fraction of sp³-hybridized carbons (Fsp3) is 0.133. The topological polar surface area (TPSA) is 47.6 Å². The van der Waals surface area contributed by atoms with Gasteiger partial charge in [-0.2, -0.15) is 0 Å². The van der Waals surface area contributed by atoms with Crippen LogP contribution in [-0.2, 0) is 0 Å². The van der Waals surface area contributed by atoms with Gasteiger partial charge in [0.15, 0.2) is 6.29 Å². The van der Waals surface area contributed by atoms with Gasteiger partial charge in [-0.15, -0.1) is 0 Å². The number of para-hydroxylation sites is 1. The molecule has 2 aromatic carbocycles. The number of ether oxygens (including phenoxy) is 2. The second-order valence-electron chi connectivity index (χ2n) is 3.90. The first-order chi connectivity index (χ1) is 9.28. The van der Waals surface area contributed by atoms with Crippen molar-refractivity contribution in [3.05, 3.63) is 48.0 Å². The SMILES string of the molecule is COc1ccc(Nc2c(C=O)cccc2OC)cc1. The molecule has 0 amide bonds. The number of anilines is 2. The van der Waals surface area contributed by atoms with Crippen molar-refractivity contribution in [1.82, 2.24) is 0 Å². The lowest BCUT2D eigenvalue weighted by atomic mass is 10.1. The summed E-state index contributed by atoms with van der Waals surface area (Å²) in [5.41, 5.74) is 2.06. The average Bonchev–Trinajstić information content (AvgIpc) is 2.48. The molecule has 0 spiro atoms. The molecule has 0 fully saturated rings. The van der Waals surface area contributed by atoms with Crippen LogP contribution in [0.2, 0.25) is 0 Å². The highest BCUT2D eigenvalue weighted by Crippen LogP contribution is 2.30. The predicted molar refractivity (Wildman–Crippen MR) is 74.7 cm³/mol. The van der Waals surface area contributed by atoms with Gasteiger partial charge >= 0.3 is 0 Å². The molecule has 2 aromatic rings. The molecule has 0 aliphatic carbocycles. The maximum absolute atomic E-state index is 11.1. The molecule has 0 aliphatic heterocycles. The van der Waals surface area contributed by atoms with Crippen LogP contribution in [0.4, 0.5) is 11.4 Å². The lowest BCUT2D eigenvalue weighted by Crippen LogP contribution is -1.98. The van der Waals surface area contributed by atoms with Crippen LogP contribution in [0.15, 0.2) is 42.5 Å². The maximum atomic E-state index is 11.1. The van der Waals surface area contributed by atoms with Gasteiger partial charge in [-0.05, 0) is 36.4 Å². The number of carbonyl (C=O) groups is 1. The zero-order valence-electron chi connectivity index (χ0n) is 10.8. The highest BCUT2D eigenvalue weighted by molar-refractivity contribution is 5.89. The Labute approximate surface area is 112 Å². The van der Waals surface area contributed by atoms with Crippen LogP contribution < -0.4 is 14.8 Å². The maximum Gasteiger partial charge on any atom is 0.152 e. The Hall–Kier alpha value is -2.49. The van der Waals surface area contributed by atoms with Crippen molar-refractivity contribution >= 4 is 17.7 Å². The second kappa shape index (κ2) is 5.91. The van der Waals surface area contributed by atoms with Crippen molar-refractivity contribution in [2.75, 3.05) is 19.5 Å². The minimum absolute atomic E-state index is 0.551. The summed E-state index contributed by atoms with van der Waals surface area (Å²) < 4.78 is 10.4. The van der Waals surface area contributed by atoms with E-state index in [1.807, 2.05) is 24.3 Å². The summed E-state index contributed by atoms with van der Waals surface area (Å²) in [6.07, 6.45) is 0.800. The number of methoxy groups -OCH3 is 2. The molecule has 0 atom stereocenters. The smallest absolute Gasteiger partial charge is 0.152 e. The van der Waals surface area contributed by atoms with E-state index in [-0.39, 0.29) is 0 Å². The number of carbonyl (C=O) groups excluding carboxylic acids is 1. The molecule has 4 nitrogen and oxygen atoms in total. The summed E-state index contributed by atoms with van der Waals surface area (Å²) in [7, 11) is 3.19. The third-order valence-electron chi connectivity index (χ3n) is 2.76. The molecule has 0 unspecified atom stereocenters. The minimum atomic E-state index is 0.551. The van der Waals surface area contributed by atoms with Crippen molar-refractivity contribution in [1.29, 1.82) is 0 Å². The van der Waals surface area contributed by atoms with Crippen molar-refractivity contribution < 1.29 is 14.3 Å². The second-order valence-corrected chi connectivity index (χ2v) is 3.90. The highest BCUT2D eigenvalue weighted by Gasteiger charge is 2.08. The quantitative estimate of drug-likeness (QED) is 0.835. The van der Waals surface area contributed by atoms with E-state index in [0.29, 0.717) is 17.0 Å². The number of aldehydes is 1. The molecular formula is C15H15NO3. The van der Waals surface area contributed by atoms with E-state index in [1.54, 1.807) is 32.4 Å². The van der Waals surface area contributed by atoms with E-state index < -0.39 is 0 Å². The van der Waals surface area contributed by atoms with Crippen LogP contribution in [0.1, 0.15) is 10.4 Å². The third-order valence-corrected chi connectivity index (χ3v) is 2.76. The molecule has 1 N–H and O–H groups in total. The zero-order chi connectivity index (χ0) is 13.7. The standard InChI is InChI=1S/C15H15NO3/c1-18-13-8-6-12(7-9-13)16-15-11(10-17)4-3-5-14(15)19-2/h3-10,16H,1-2H3. The number of benzene rings is 2. The number of nitrogens with one attached hydrogen (secondary N) is 1. The Morgan fingerprint density at radius 3 is 2.32 bits per heavy atom. The van der Waals surface area contributed by atoms with Gasteiger partial charge in [-0.3, -0.25) is 4.79 Å². The summed E-state index contributed by atoms with van der Waals surface area (Å²) >= 11 is 0. The number of hydrogen-bond donors (Lipinski definition) is 1. The Kier molecular flexibility index (Phi) is 4.03. The van der Waals surface area contributed by atoms with Crippen LogP contribution in [-0.4, -0.2) is 20.5 Å². The summed E-state index contributed by atoms with van der Waals surface area (Å²) in [4.78, 5) is 11.1. The molecular weight excluding hydrogens is 242 g/mol. The Morgan fingerprint density at radius 1 is 1.00 bits per heavy atom. The molecule has 98 valence electrons. The molecule has 0 aromatic heterocycles. The predicted octanol–water partition coefficient (Wildman–Crippen LogP) is 3.26. The first-order valence-corrected chi connectivity index (χ1v) is 5.81. The van der Waals surface area contributed by atoms with E-state index in [9.17, 15) is 4.79 Å². The van der Waals surface area contributed by atoms with E-state index in [0.717, 1.165) is 17.7 Å². The first-order valence-electron chi connectivity index (χ1n) is 5.81. The average molecular weight is 257 g/mol. The largest absolute Gasteiger partial charge is 0.497 e. The van der Waals surface area contributed by atoms with Crippen LogP contribution in [0.3, 0.4) is 0 Å². The normalized spacial score (nSPS) is 9.79. The lowest BCUT2D eigenvalue weighted by molar-refractivity contribution is 0.112. The fourth-order valence-corrected chi connectivity index (χ4v) is 1.77. The van der Waals surface area contributed by atoms with Crippen LogP contribution in [0, 0.1) is 0 Å². The molecule has 0 heterocycles. The van der Waals surface area contributed by atoms with E-state index in [2.05, 4.69) is 5.32 Å². The Morgan fingerprint density at radius 2 is 1.74 bits per heavy atom. The Balaban J connectivity index is 2.33. The van der Waals surface area contributed by atoms with Gasteiger partial charge in [0.25, 0.3) is 0 Å². The van der Waals surface area contributed by atoms with Gasteiger partial charge in [-0.1, -0.05) is 6.07 Å². The first kappa shape index (κ1) is 13.0. The van der Waals surface area contributed by atoms with E-state index >= 15 is 0 Å². The molecule has 0 radical (unpaired) electrons. The summed E-state index contributed by atoms with van der Waals surface area (Å²) in [5.74, 6) is 1.40. The summed E-state index contributed by atoms with van der Waals surface area (Å²) in [6.45, 7) is 0. The molecule has 0 bridgehead atoms. The lowest BCUT2D eigenvalue weighted by Gasteiger charge is -2.13. The van der Waals surface area contributed by atoms with Gasteiger partial charge in [0.2, 0.25) is 0 Å². The van der Waals surface area contributed by atoms with Crippen molar-refractivity contribution in [3.8, 4) is 11.5 Å². The van der Waals surface area contributed by atoms with Crippen molar-refractivity contribution in [3.63, 3.8) is 0 Å². The molecule has 19 heavy (non-hydrogen) atoms. The van der Waals surface area contributed by atoms with Crippen LogP contribution in [0.25, 0.3) is 0 Å². The number of hydrogen-bond acceptors (Lipinski definition) is 4. The van der Waals surface area contributed by atoms with Gasteiger partial charge in [0.05, 0.1) is 19.9 Å². The summed E-state index contributed by atoms with van der Waals surface area (Å²) in [6, 6.07) is 12.8. The van der Waals surface area contributed by atoms with Crippen LogP contribution in [0.5, 0.6) is 11.5 Å². The monoisotopic (exact) mass is 257 g/mol. The molecule has 0 saturated carbocycles. The van der Waals surface area contributed by atoms with Gasteiger partial charge in [0, 0.05) is 11.3 Å². The minimum Gasteiger partial charge on any atom is -0.497 e. The molecule has 2 rings (SSSR count). The third kappa shape index (κ3) is 2.85. The molecule has 0 saturated heterocycles. The van der Waals surface area contributed by atoms with Gasteiger partial charge in [-0.25, -0.2) is 0 Å². The Bertz CT molecular complexity index is 564. The van der Waals surface area contributed by atoms with Gasteiger partial charge < -0.3 is 14.8 Å². The van der Waals surface area contributed by atoms with E-state index in [1.165, 1.54) is 0 Å². The number of rotatable bonds is 5. The highest BCUT2D eigenvalue weighted by atomic mass is 16.5. The molecule has 4 heteroatoms. The van der Waals surface area contributed by atoms with Crippen LogP contribution >= 0.6 is 0 Å². The van der Waals surface area contributed by atoms with Crippen molar-refractivity contribution in [2.24, 2.45) is 0 Å². The van der Waals surface area contributed by atoms with Gasteiger partial charge in [0.1, 0.15) is 11.5 Å².